The summed E-state index contributed by atoms with van der Waals surface area (Å²) in [7, 11) is 0. The number of benzene rings is 2. The molecule has 0 unspecified atom stereocenters. The zero-order valence-corrected chi connectivity index (χ0v) is 18.7. The van der Waals surface area contributed by atoms with Crippen LogP contribution < -0.4 is 0 Å². The van der Waals surface area contributed by atoms with Crippen LogP contribution in [0.1, 0.15) is 52.2 Å². The van der Waals surface area contributed by atoms with Crippen molar-refractivity contribution < 1.29 is 9.53 Å². The number of hydrogen-bond donors (Lipinski definition) is 0. The number of nitrogens with zero attached hydrogens (tertiary/aromatic N) is 1. The molecule has 0 aliphatic rings. The predicted molar refractivity (Wildman–Crippen MR) is 121 cm³/mol. The van der Waals surface area contributed by atoms with Crippen molar-refractivity contribution >= 4 is 5.97 Å². The van der Waals surface area contributed by atoms with Crippen LogP contribution in [0, 0.1) is 11.8 Å². The van der Waals surface area contributed by atoms with E-state index < -0.39 is 5.41 Å². The molecule has 0 saturated carbocycles. The van der Waals surface area contributed by atoms with Crippen molar-refractivity contribution in [2.75, 3.05) is 26.2 Å². The van der Waals surface area contributed by atoms with Gasteiger partial charge in [0.25, 0.3) is 0 Å². The van der Waals surface area contributed by atoms with Crippen LogP contribution in [0.25, 0.3) is 0 Å². The molecular weight excluding hydrogens is 358 g/mol. The van der Waals surface area contributed by atoms with Crippen molar-refractivity contribution in [1.82, 2.24) is 4.90 Å². The third kappa shape index (κ3) is 6.71. The van der Waals surface area contributed by atoms with E-state index in [0.717, 1.165) is 37.2 Å². The molecule has 0 atom stereocenters. The van der Waals surface area contributed by atoms with Crippen LogP contribution in [-0.4, -0.2) is 37.1 Å². The van der Waals surface area contributed by atoms with Gasteiger partial charge >= 0.3 is 5.97 Å². The molecule has 0 saturated heterocycles. The summed E-state index contributed by atoms with van der Waals surface area (Å²) in [5.41, 5.74) is 1.10. The van der Waals surface area contributed by atoms with Crippen molar-refractivity contribution in [3.63, 3.8) is 0 Å². The third-order valence-corrected chi connectivity index (χ3v) is 5.21. The Kier molecular flexibility index (Phi) is 8.91. The Morgan fingerprint density at radius 2 is 1.31 bits per heavy atom. The minimum absolute atomic E-state index is 0.186. The summed E-state index contributed by atoms with van der Waals surface area (Å²) in [6, 6.07) is 19.8. The van der Waals surface area contributed by atoms with Crippen molar-refractivity contribution in [3.05, 3.63) is 71.8 Å². The van der Waals surface area contributed by atoms with Gasteiger partial charge in [-0.25, -0.2) is 0 Å². The number of ether oxygens (including phenoxy) is 1. The van der Waals surface area contributed by atoms with Crippen molar-refractivity contribution in [2.24, 2.45) is 11.8 Å². The standard InChI is InChI=1S/C26H37NO2/c1-21(2)19-27(20-22(3)4)17-12-18-29-25(28)26(5,23-13-8-6-9-14-23)24-15-10-7-11-16-24/h6-11,13-16,21-22H,12,17-20H2,1-5H3. The van der Waals surface area contributed by atoms with Crippen molar-refractivity contribution in [3.8, 4) is 0 Å². The second-order valence-electron chi connectivity index (χ2n) is 8.89. The maximum atomic E-state index is 13.2. The van der Waals surface area contributed by atoms with Gasteiger partial charge in [-0.3, -0.25) is 4.79 Å². The molecule has 0 N–H and O–H groups in total. The van der Waals surface area contributed by atoms with Crippen LogP contribution in [0.15, 0.2) is 60.7 Å². The van der Waals surface area contributed by atoms with E-state index in [-0.39, 0.29) is 5.97 Å². The summed E-state index contributed by atoms with van der Waals surface area (Å²) in [5, 5.41) is 0. The minimum Gasteiger partial charge on any atom is -0.465 e. The molecule has 2 aromatic rings. The Labute approximate surface area is 177 Å². The largest absolute Gasteiger partial charge is 0.465 e. The van der Waals surface area contributed by atoms with E-state index in [2.05, 4.69) is 32.6 Å². The molecule has 0 aliphatic carbocycles. The monoisotopic (exact) mass is 395 g/mol. The topological polar surface area (TPSA) is 29.5 Å². The number of carbonyl (C=O) groups is 1. The molecule has 0 spiro atoms. The Morgan fingerprint density at radius 3 is 1.72 bits per heavy atom. The molecule has 158 valence electrons. The van der Waals surface area contributed by atoms with Crippen LogP contribution in [-0.2, 0) is 14.9 Å². The highest BCUT2D eigenvalue weighted by molar-refractivity contribution is 5.87. The maximum absolute atomic E-state index is 13.2. The highest BCUT2D eigenvalue weighted by Gasteiger charge is 2.38. The van der Waals surface area contributed by atoms with Gasteiger partial charge in [0.1, 0.15) is 5.41 Å². The van der Waals surface area contributed by atoms with E-state index >= 15 is 0 Å². The van der Waals surface area contributed by atoms with Crippen molar-refractivity contribution in [2.45, 2.75) is 46.5 Å². The number of carbonyl (C=O) groups excluding carboxylic acids is 1. The summed E-state index contributed by atoms with van der Waals surface area (Å²) >= 11 is 0. The fourth-order valence-corrected chi connectivity index (χ4v) is 3.83. The lowest BCUT2D eigenvalue weighted by Crippen LogP contribution is -2.37. The average molecular weight is 396 g/mol. The zero-order chi connectivity index (χ0) is 21.3. The highest BCUT2D eigenvalue weighted by atomic mass is 16.5. The van der Waals surface area contributed by atoms with Gasteiger partial charge in [-0.1, -0.05) is 88.4 Å². The van der Waals surface area contributed by atoms with E-state index in [1.807, 2.05) is 67.6 Å². The number of rotatable bonds is 11. The number of esters is 1. The molecule has 2 aromatic carbocycles. The lowest BCUT2D eigenvalue weighted by atomic mass is 9.76. The average Bonchev–Trinajstić information content (AvgIpc) is 2.70. The Morgan fingerprint density at radius 1 is 0.862 bits per heavy atom. The molecule has 3 heteroatoms. The normalized spacial score (nSPS) is 12.0. The van der Waals surface area contributed by atoms with E-state index in [1.54, 1.807) is 0 Å². The Balaban J connectivity index is 2.04. The lowest BCUT2D eigenvalue weighted by Gasteiger charge is -2.29. The van der Waals surface area contributed by atoms with E-state index in [1.165, 1.54) is 0 Å². The quantitative estimate of drug-likeness (QED) is 0.369. The fraction of sp³-hybridized carbons (Fsp3) is 0.500. The second kappa shape index (κ2) is 11.2. The van der Waals surface area contributed by atoms with Gasteiger partial charge < -0.3 is 9.64 Å². The second-order valence-corrected chi connectivity index (χ2v) is 8.89. The highest BCUT2D eigenvalue weighted by Crippen LogP contribution is 2.33. The van der Waals surface area contributed by atoms with Crippen molar-refractivity contribution in [1.29, 1.82) is 0 Å². The van der Waals surface area contributed by atoms with Gasteiger partial charge in [-0.05, 0) is 36.3 Å². The van der Waals surface area contributed by atoms with Gasteiger partial charge in [0.15, 0.2) is 0 Å². The van der Waals surface area contributed by atoms with Gasteiger partial charge in [-0.2, -0.15) is 0 Å². The van der Waals surface area contributed by atoms with Gasteiger partial charge in [-0.15, -0.1) is 0 Å². The van der Waals surface area contributed by atoms with Crippen LogP contribution in [0.2, 0.25) is 0 Å². The SMILES string of the molecule is CC(C)CN(CCCOC(=O)C(C)(c1ccccc1)c1ccccc1)CC(C)C. The van der Waals surface area contributed by atoms with Crippen LogP contribution in [0.3, 0.4) is 0 Å². The molecule has 0 bridgehead atoms. The summed E-state index contributed by atoms with van der Waals surface area (Å²) in [4.78, 5) is 15.7. The van der Waals surface area contributed by atoms with Crippen LogP contribution in [0.4, 0.5) is 0 Å². The first kappa shape index (κ1) is 23.2. The summed E-state index contributed by atoms with van der Waals surface area (Å²) in [6.45, 7) is 14.5. The molecule has 0 heterocycles. The zero-order valence-electron chi connectivity index (χ0n) is 18.7. The van der Waals surface area contributed by atoms with E-state index in [4.69, 9.17) is 4.74 Å². The smallest absolute Gasteiger partial charge is 0.320 e. The minimum atomic E-state index is -0.807. The number of hydrogen-bond acceptors (Lipinski definition) is 3. The molecule has 0 radical (unpaired) electrons. The first-order valence-electron chi connectivity index (χ1n) is 10.8. The fourth-order valence-electron chi connectivity index (χ4n) is 3.83. The molecule has 0 aromatic heterocycles. The predicted octanol–water partition coefficient (Wildman–Crippen LogP) is 5.54. The lowest BCUT2D eigenvalue weighted by molar-refractivity contribution is -0.148. The molecule has 0 amide bonds. The molecular formula is C26H37NO2. The third-order valence-electron chi connectivity index (χ3n) is 5.21. The first-order chi connectivity index (χ1) is 13.8. The van der Waals surface area contributed by atoms with Gasteiger partial charge in [0.2, 0.25) is 0 Å². The maximum Gasteiger partial charge on any atom is 0.320 e. The molecule has 3 nitrogen and oxygen atoms in total. The molecule has 29 heavy (non-hydrogen) atoms. The van der Waals surface area contributed by atoms with Crippen LogP contribution >= 0.6 is 0 Å². The summed E-state index contributed by atoms with van der Waals surface area (Å²) in [5.74, 6) is 1.08. The van der Waals surface area contributed by atoms with Gasteiger partial charge in [0.05, 0.1) is 6.61 Å². The Bertz CT molecular complexity index is 675. The first-order valence-corrected chi connectivity index (χ1v) is 10.8. The Hall–Kier alpha value is -2.13. The van der Waals surface area contributed by atoms with Gasteiger partial charge in [0, 0.05) is 19.6 Å². The summed E-state index contributed by atoms with van der Waals surface area (Å²) in [6.07, 6.45) is 0.852. The molecule has 0 fully saturated rings. The summed E-state index contributed by atoms with van der Waals surface area (Å²) < 4.78 is 5.81. The van der Waals surface area contributed by atoms with Crippen LogP contribution in [0.5, 0.6) is 0 Å². The molecule has 0 aliphatic heterocycles. The molecule has 2 rings (SSSR count). The van der Waals surface area contributed by atoms with E-state index in [9.17, 15) is 4.79 Å². The van der Waals surface area contributed by atoms with E-state index in [0.29, 0.717) is 18.4 Å².